The van der Waals surface area contributed by atoms with E-state index in [2.05, 4.69) is 17.6 Å². The molecule has 1 spiro atoms. The normalized spacial score (nSPS) is 30.5. The molecule has 1 saturated heterocycles. The highest BCUT2D eigenvalue weighted by Gasteiger charge is 2.66. The van der Waals surface area contributed by atoms with Gasteiger partial charge in [-0.15, -0.1) is 0 Å². The topological polar surface area (TPSA) is 58.8 Å². The van der Waals surface area contributed by atoms with Crippen LogP contribution in [0.4, 0.5) is 0 Å². The number of furan rings is 1. The van der Waals surface area contributed by atoms with Gasteiger partial charge in [-0.3, -0.25) is 4.99 Å². The highest BCUT2D eigenvalue weighted by Crippen LogP contribution is 2.62. The minimum atomic E-state index is 0.386. The van der Waals surface area contributed by atoms with Gasteiger partial charge in [0.1, 0.15) is 5.76 Å². The Hall–Kier alpha value is -1.49. The molecule has 1 aliphatic heterocycles. The standard InChI is InChI=1S/C19H29N3O2/c1-2-10-20-18(21-11-6-14-5-3-12-23-14)22-16-15-7-13-24-17(15)19(16)8-4-9-19/h3,5,12,15-17H,2,4,6-11,13H2,1H3,(H2,20,21,22). The smallest absolute Gasteiger partial charge is 0.191 e. The van der Waals surface area contributed by atoms with Gasteiger partial charge in [0.2, 0.25) is 0 Å². The van der Waals surface area contributed by atoms with Crippen molar-refractivity contribution >= 4 is 5.96 Å². The van der Waals surface area contributed by atoms with Gasteiger partial charge in [-0.05, 0) is 37.8 Å². The van der Waals surface area contributed by atoms with Crippen LogP contribution in [0.5, 0.6) is 0 Å². The number of nitrogens with zero attached hydrogens (tertiary/aromatic N) is 1. The maximum Gasteiger partial charge on any atom is 0.191 e. The summed E-state index contributed by atoms with van der Waals surface area (Å²) in [6.07, 6.45) is 9.32. The molecule has 2 heterocycles. The summed E-state index contributed by atoms with van der Waals surface area (Å²) in [6.45, 7) is 4.80. The number of ether oxygens (including phenoxy) is 1. The molecule has 3 atom stereocenters. The fourth-order valence-electron chi connectivity index (χ4n) is 4.74. The summed E-state index contributed by atoms with van der Waals surface area (Å²) in [5.41, 5.74) is 0.386. The van der Waals surface area contributed by atoms with Crippen molar-refractivity contribution < 1.29 is 9.15 Å². The van der Waals surface area contributed by atoms with Crippen molar-refractivity contribution in [1.29, 1.82) is 0 Å². The first-order chi connectivity index (χ1) is 11.8. The van der Waals surface area contributed by atoms with Crippen LogP contribution in [0.2, 0.25) is 0 Å². The Labute approximate surface area is 144 Å². The van der Waals surface area contributed by atoms with Crippen LogP contribution >= 0.6 is 0 Å². The van der Waals surface area contributed by atoms with Crippen molar-refractivity contribution in [3.8, 4) is 0 Å². The lowest BCUT2D eigenvalue weighted by Gasteiger charge is -2.63. The van der Waals surface area contributed by atoms with Crippen molar-refractivity contribution in [1.82, 2.24) is 10.6 Å². The molecule has 4 rings (SSSR count). The lowest BCUT2D eigenvalue weighted by Crippen LogP contribution is -2.72. The Morgan fingerprint density at radius 3 is 3.04 bits per heavy atom. The largest absolute Gasteiger partial charge is 0.469 e. The summed E-state index contributed by atoms with van der Waals surface area (Å²) in [6, 6.07) is 4.49. The molecule has 0 bridgehead atoms. The average molecular weight is 331 g/mol. The van der Waals surface area contributed by atoms with Crippen LogP contribution < -0.4 is 10.6 Å². The fourth-order valence-corrected chi connectivity index (χ4v) is 4.74. The Morgan fingerprint density at radius 2 is 2.33 bits per heavy atom. The molecule has 132 valence electrons. The van der Waals surface area contributed by atoms with Gasteiger partial charge in [0.25, 0.3) is 0 Å². The second kappa shape index (κ2) is 6.79. The van der Waals surface area contributed by atoms with E-state index in [1.165, 1.54) is 25.7 Å². The van der Waals surface area contributed by atoms with E-state index in [0.29, 0.717) is 23.5 Å². The monoisotopic (exact) mass is 331 g/mol. The second-order valence-electron chi connectivity index (χ2n) is 7.44. The molecule has 3 unspecified atom stereocenters. The maximum absolute atomic E-state index is 6.02. The summed E-state index contributed by atoms with van der Waals surface area (Å²) in [5, 5.41) is 7.26. The molecular weight excluding hydrogens is 302 g/mol. The molecule has 2 N–H and O–H groups in total. The molecular formula is C19H29N3O2. The summed E-state index contributed by atoms with van der Waals surface area (Å²) < 4.78 is 11.4. The van der Waals surface area contributed by atoms with Crippen molar-refractivity contribution in [3.05, 3.63) is 24.2 Å². The first kappa shape index (κ1) is 16.0. The molecule has 1 aromatic heterocycles. The number of aliphatic imine (C=N–C) groups is 1. The minimum absolute atomic E-state index is 0.386. The number of nitrogens with one attached hydrogen (secondary N) is 2. The highest BCUT2D eigenvalue weighted by molar-refractivity contribution is 5.80. The molecule has 5 heteroatoms. The van der Waals surface area contributed by atoms with E-state index < -0.39 is 0 Å². The number of fused-ring (bicyclic) bond motifs is 2. The maximum atomic E-state index is 6.02. The van der Waals surface area contributed by atoms with E-state index in [-0.39, 0.29) is 0 Å². The average Bonchev–Trinajstić information content (AvgIpc) is 3.18. The second-order valence-corrected chi connectivity index (χ2v) is 7.44. The molecule has 3 fully saturated rings. The Bertz CT molecular complexity index is 565. The van der Waals surface area contributed by atoms with Gasteiger partial charge in [-0.2, -0.15) is 0 Å². The van der Waals surface area contributed by atoms with Crippen molar-refractivity contribution in [2.24, 2.45) is 16.3 Å². The van der Waals surface area contributed by atoms with Crippen LogP contribution in [0.3, 0.4) is 0 Å². The fraction of sp³-hybridized carbons (Fsp3) is 0.737. The van der Waals surface area contributed by atoms with Gasteiger partial charge in [-0.1, -0.05) is 13.3 Å². The summed E-state index contributed by atoms with van der Waals surface area (Å²) in [4.78, 5) is 4.74. The predicted molar refractivity (Wildman–Crippen MR) is 94.1 cm³/mol. The Balaban J connectivity index is 1.36. The Morgan fingerprint density at radius 1 is 1.42 bits per heavy atom. The van der Waals surface area contributed by atoms with E-state index in [9.17, 15) is 0 Å². The van der Waals surface area contributed by atoms with Gasteiger partial charge in [0.05, 0.1) is 12.4 Å². The first-order valence-electron chi connectivity index (χ1n) is 9.52. The molecule has 0 amide bonds. The van der Waals surface area contributed by atoms with Gasteiger partial charge in [0, 0.05) is 43.5 Å². The molecule has 24 heavy (non-hydrogen) atoms. The lowest BCUT2D eigenvalue weighted by molar-refractivity contribution is -0.171. The Kier molecular flexibility index (Phi) is 4.53. The third-order valence-electron chi connectivity index (χ3n) is 6.07. The number of guanidine groups is 1. The highest BCUT2D eigenvalue weighted by atomic mass is 16.5. The summed E-state index contributed by atoms with van der Waals surface area (Å²) in [7, 11) is 0. The SMILES string of the molecule is CCCN=C(NCCc1ccco1)NC1C2CCOC2C12CCC2. The van der Waals surface area contributed by atoms with Gasteiger partial charge in [-0.25, -0.2) is 0 Å². The summed E-state index contributed by atoms with van der Waals surface area (Å²) in [5.74, 6) is 2.65. The molecule has 2 aliphatic carbocycles. The predicted octanol–water partition coefficient (Wildman–Crippen LogP) is 2.72. The number of hydrogen-bond acceptors (Lipinski definition) is 3. The van der Waals surface area contributed by atoms with E-state index >= 15 is 0 Å². The number of hydrogen-bond donors (Lipinski definition) is 2. The molecule has 0 aromatic carbocycles. The van der Waals surface area contributed by atoms with Crippen LogP contribution in [0.25, 0.3) is 0 Å². The molecule has 5 nitrogen and oxygen atoms in total. The molecule has 1 aromatic rings. The minimum Gasteiger partial charge on any atom is -0.469 e. The van der Waals surface area contributed by atoms with Crippen LogP contribution in [0, 0.1) is 11.3 Å². The van der Waals surface area contributed by atoms with Gasteiger partial charge < -0.3 is 19.8 Å². The third kappa shape index (κ3) is 2.73. The quantitative estimate of drug-likeness (QED) is 0.622. The van der Waals surface area contributed by atoms with Crippen LogP contribution in [-0.2, 0) is 11.2 Å². The molecule has 2 saturated carbocycles. The zero-order valence-electron chi connectivity index (χ0n) is 14.6. The molecule has 0 radical (unpaired) electrons. The van der Waals surface area contributed by atoms with Crippen LogP contribution in [-0.4, -0.2) is 37.8 Å². The van der Waals surface area contributed by atoms with E-state index in [4.69, 9.17) is 14.1 Å². The third-order valence-corrected chi connectivity index (χ3v) is 6.07. The zero-order valence-corrected chi connectivity index (χ0v) is 14.6. The van der Waals surface area contributed by atoms with Crippen molar-refractivity contribution in [2.45, 2.75) is 57.6 Å². The van der Waals surface area contributed by atoms with Gasteiger partial charge in [0.15, 0.2) is 5.96 Å². The van der Waals surface area contributed by atoms with Crippen LogP contribution in [0.15, 0.2) is 27.8 Å². The first-order valence-corrected chi connectivity index (χ1v) is 9.52. The van der Waals surface area contributed by atoms with Crippen molar-refractivity contribution in [3.63, 3.8) is 0 Å². The lowest BCUT2D eigenvalue weighted by atomic mass is 9.46. The molecule has 3 aliphatic rings. The van der Waals surface area contributed by atoms with Crippen molar-refractivity contribution in [2.75, 3.05) is 19.7 Å². The van der Waals surface area contributed by atoms with Gasteiger partial charge >= 0.3 is 0 Å². The van der Waals surface area contributed by atoms with E-state index in [1.807, 2.05) is 12.1 Å². The zero-order chi connectivity index (χ0) is 16.4. The van der Waals surface area contributed by atoms with E-state index in [0.717, 1.165) is 44.3 Å². The van der Waals surface area contributed by atoms with Crippen LogP contribution in [0.1, 0.15) is 44.8 Å². The number of rotatable bonds is 6. The summed E-state index contributed by atoms with van der Waals surface area (Å²) >= 11 is 0. The van der Waals surface area contributed by atoms with E-state index in [1.54, 1.807) is 6.26 Å².